The molecule has 0 radical (unpaired) electrons. The first kappa shape index (κ1) is 23.2. The quantitative estimate of drug-likeness (QED) is 0.417. The number of hydrogen-bond donors (Lipinski definition) is 1. The highest BCUT2D eigenvalue weighted by Crippen LogP contribution is 2.27. The Kier molecular flexibility index (Phi) is 7.03. The molecule has 0 saturated carbocycles. The molecule has 9 nitrogen and oxygen atoms in total. The van der Waals surface area contributed by atoms with Crippen molar-refractivity contribution >= 4 is 17.5 Å². The van der Waals surface area contributed by atoms with Crippen molar-refractivity contribution in [2.45, 2.75) is 33.0 Å². The summed E-state index contributed by atoms with van der Waals surface area (Å²) in [5.41, 5.74) is 1.51. The third-order valence-electron chi connectivity index (χ3n) is 4.85. The molecule has 1 aromatic carbocycles. The van der Waals surface area contributed by atoms with E-state index in [1.807, 2.05) is 13.8 Å². The maximum absolute atomic E-state index is 13.3. The molecule has 0 spiro atoms. The molecule has 0 aliphatic heterocycles. The van der Waals surface area contributed by atoms with Gasteiger partial charge in [-0.25, -0.2) is 14.0 Å². The number of benzene rings is 1. The van der Waals surface area contributed by atoms with Crippen molar-refractivity contribution in [3.05, 3.63) is 88.3 Å². The normalized spacial score (nSPS) is 10.9. The number of rotatable bonds is 8. The molecule has 1 N–H and O–H groups in total. The molecule has 1 amide bonds. The topological polar surface area (TPSA) is 104 Å². The number of carbonyl (C=O) groups excluding carboxylic acids is 1. The van der Waals surface area contributed by atoms with Gasteiger partial charge in [-0.1, -0.05) is 11.6 Å². The third kappa shape index (κ3) is 5.32. The van der Waals surface area contributed by atoms with Gasteiger partial charge in [0.15, 0.2) is 5.82 Å². The monoisotopic (exact) mass is 478 g/mol. The molecule has 4 aromatic rings. The maximum atomic E-state index is 13.3. The van der Waals surface area contributed by atoms with E-state index < -0.39 is 5.69 Å². The zero-order valence-electron chi connectivity index (χ0n) is 18.7. The van der Waals surface area contributed by atoms with Crippen LogP contribution in [0.5, 0.6) is 5.75 Å². The number of carbonyl (C=O) groups is 1. The van der Waals surface area contributed by atoms with E-state index in [4.69, 9.17) is 16.3 Å². The largest absolute Gasteiger partial charge is 0.491 e. The van der Waals surface area contributed by atoms with Gasteiger partial charge in [0.2, 0.25) is 5.91 Å². The summed E-state index contributed by atoms with van der Waals surface area (Å²) in [5.74, 6) is 0.631. The van der Waals surface area contributed by atoms with Crippen LogP contribution in [-0.4, -0.2) is 36.3 Å². The number of aromatic nitrogens is 5. The lowest BCUT2D eigenvalue weighted by atomic mass is 10.2. The lowest BCUT2D eigenvalue weighted by Crippen LogP contribution is -2.33. The van der Waals surface area contributed by atoms with Crippen LogP contribution in [0.1, 0.15) is 19.4 Å². The Bertz CT molecular complexity index is 1330. The van der Waals surface area contributed by atoms with Gasteiger partial charge in [-0.05, 0) is 61.9 Å². The first-order valence-corrected chi connectivity index (χ1v) is 11.0. The van der Waals surface area contributed by atoms with Crippen LogP contribution in [0.3, 0.4) is 0 Å². The van der Waals surface area contributed by atoms with Crippen LogP contribution in [0.2, 0.25) is 5.02 Å². The number of nitrogens with zero attached hydrogens (tertiary/aromatic N) is 5. The molecule has 0 atom stereocenters. The molecule has 0 bridgehead atoms. The van der Waals surface area contributed by atoms with Gasteiger partial charge >= 0.3 is 5.69 Å². The highest BCUT2D eigenvalue weighted by atomic mass is 35.5. The summed E-state index contributed by atoms with van der Waals surface area (Å²) in [6.07, 6.45) is 6.36. The van der Waals surface area contributed by atoms with E-state index in [9.17, 15) is 9.59 Å². The lowest BCUT2D eigenvalue weighted by molar-refractivity contribution is -0.122. The Labute approximate surface area is 201 Å². The molecule has 34 heavy (non-hydrogen) atoms. The average Bonchev–Trinajstić information content (AvgIpc) is 3.14. The van der Waals surface area contributed by atoms with Gasteiger partial charge in [0.05, 0.1) is 16.8 Å². The Balaban J connectivity index is 1.67. The maximum Gasteiger partial charge on any atom is 0.351 e. The molecule has 0 saturated heterocycles. The summed E-state index contributed by atoms with van der Waals surface area (Å²) in [6, 6.07) is 12.3. The Morgan fingerprint density at radius 2 is 1.76 bits per heavy atom. The van der Waals surface area contributed by atoms with E-state index in [1.165, 1.54) is 10.8 Å². The summed E-state index contributed by atoms with van der Waals surface area (Å²) in [7, 11) is 0. The van der Waals surface area contributed by atoms with Crippen molar-refractivity contribution in [1.29, 1.82) is 0 Å². The minimum atomic E-state index is -0.473. The number of hydrogen-bond acceptors (Lipinski definition) is 6. The molecule has 3 aromatic heterocycles. The molecule has 0 fully saturated rings. The van der Waals surface area contributed by atoms with Gasteiger partial charge in [0, 0.05) is 36.9 Å². The van der Waals surface area contributed by atoms with Crippen molar-refractivity contribution in [2.75, 3.05) is 0 Å². The Morgan fingerprint density at radius 3 is 2.44 bits per heavy atom. The number of pyridine rings is 2. The smallest absolute Gasteiger partial charge is 0.351 e. The first-order chi connectivity index (χ1) is 16.4. The molecule has 174 valence electrons. The van der Waals surface area contributed by atoms with Crippen LogP contribution in [-0.2, 0) is 17.9 Å². The fourth-order valence-electron chi connectivity index (χ4n) is 3.31. The SMILES string of the molecule is CC(C)Oc1ccc(-n2c(-c3ccncc3Cl)nn(CC(=O)NCc3ccncc3)c2=O)cc1. The van der Waals surface area contributed by atoms with Crippen molar-refractivity contribution in [2.24, 2.45) is 0 Å². The molecule has 0 unspecified atom stereocenters. The van der Waals surface area contributed by atoms with Gasteiger partial charge < -0.3 is 10.1 Å². The highest BCUT2D eigenvalue weighted by Gasteiger charge is 2.20. The van der Waals surface area contributed by atoms with E-state index in [0.29, 0.717) is 34.4 Å². The van der Waals surface area contributed by atoms with E-state index in [2.05, 4.69) is 20.4 Å². The minimum Gasteiger partial charge on any atom is -0.491 e. The molecule has 3 heterocycles. The van der Waals surface area contributed by atoms with Crippen LogP contribution in [0.4, 0.5) is 0 Å². The van der Waals surface area contributed by atoms with Gasteiger partial charge in [-0.3, -0.25) is 14.8 Å². The van der Waals surface area contributed by atoms with Crippen LogP contribution in [0.15, 0.2) is 72.0 Å². The minimum absolute atomic E-state index is 0.0215. The van der Waals surface area contributed by atoms with E-state index in [-0.39, 0.29) is 18.6 Å². The second-order valence-corrected chi connectivity index (χ2v) is 8.15. The summed E-state index contributed by atoms with van der Waals surface area (Å²) in [6.45, 7) is 3.94. The fraction of sp³-hybridized carbons (Fsp3) is 0.208. The molecule has 0 aliphatic carbocycles. The number of halogens is 1. The van der Waals surface area contributed by atoms with Gasteiger partial charge in [0.1, 0.15) is 12.3 Å². The predicted octanol–water partition coefficient (Wildman–Crippen LogP) is 3.25. The first-order valence-electron chi connectivity index (χ1n) is 10.6. The van der Waals surface area contributed by atoms with E-state index in [1.54, 1.807) is 61.1 Å². The molecular weight excluding hydrogens is 456 g/mol. The highest BCUT2D eigenvalue weighted by molar-refractivity contribution is 6.33. The van der Waals surface area contributed by atoms with E-state index >= 15 is 0 Å². The number of amides is 1. The number of nitrogens with one attached hydrogen (secondary N) is 1. The molecule has 10 heteroatoms. The predicted molar refractivity (Wildman–Crippen MR) is 128 cm³/mol. The van der Waals surface area contributed by atoms with Crippen LogP contribution in [0, 0.1) is 0 Å². The van der Waals surface area contributed by atoms with Gasteiger partial charge in [-0.2, -0.15) is 0 Å². The molecule has 0 aliphatic rings. The van der Waals surface area contributed by atoms with Crippen molar-refractivity contribution in [1.82, 2.24) is 29.6 Å². The summed E-state index contributed by atoms with van der Waals surface area (Å²) < 4.78 is 8.23. The van der Waals surface area contributed by atoms with Crippen LogP contribution >= 0.6 is 11.6 Å². The van der Waals surface area contributed by atoms with E-state index in [0.717, 1.165) is 10.2 Å². The summed E-state index contributed by atoms with van der Waals surface area (Å²) >= 11 is 6.35. The fourth-order valence-corrected chi connectivity index (χ4v) is 3.52. The van der Waals surface area contributed by atoms with Crippen molar-refractivity contribution in [3.63, 3.8) is 0 Å². The Hall–Kier alpha value is -3.98. The summed E-state index contributed by atoms with van der Waals surface area (Å²) in [5, 5.41) is 7.56. The summed E-state index contributed by atoms with van der Waals surface area (Å²) in [4.78, 5) is 33.8. The standard InChI is InChI=1S/C24H23ClN6O3/c1-16(2)34-19-5-3-18(4-6-19)31-23(20-9-12-27-14-21(20)25)29-30(24(31)33)15-22(32)28-13-17-7-10-26-11-8-17/h3-12,14,16H,13,15H2,1-2H3,(H,28,32). The van der Waals surface area contributed by atoms with Gasteiger partial charge in [-0.15, -0.1) is 5.10 Å². The molecule has 4 rings (SSSR count). The Morgan fingerprint density at radius 1 is 1.06 bits per heavy atom. The van der Waals surface area contributed by atoms with Crippen molar-refractivity contribution in [3.8, 4) is 22.8 Å². The third-order valence-corrected chi connectivity index (χ3v) is 5.15. The van der Waals surface area contributed by atoms with Crippen molar-refractivity contribution < 1.29 is 9.53 Å². The number of ether oxygens (including phenoxy) is 1. The second kappa shape index (κ2) is 10.3. The second-order valence-electron chi connectivity index (χ2n) is 7.75. The van der Waals surface area contributed by atoms with Crippen LogP contribution in [0.25, 0.3) is 17.1 Å². The molecular formula is C24H23ClN6O3. The average molecular weight is 479 g/mol. The zero-order valence-corrected chi connectivity index (χ0v) is 19.4. The van der Waals surface area contributed by atoms with Gasteiger partial charge in [0.25, 0.3) is 0 Å². The zero-order chi connectivity index (χ0) is 24.1. The lowest BCUT2D eigenvalue weighted by Gasteiger charge is -2.11. The van der Waals surface area contributed by atoms with Crippen LogP contribution < -0.4 is 15.7 Å².